The maximum atomic E-state index is 13.9. The van der Waals surface area contributed by atoms with Crippen LogP contribution in [-0.2, 0) is 13.0 Å². The highest BCUT2D eigenvalue weighted by molar-refractivity contribution is 6.04. The molecule has 1 aromatic heterocycles. The number of aromatic nitrogens is 1. The molecule has 0 spiro atoms. The summed E-state index contributed by atoms with van der Waals surface area (Å²) in [7, 11) is 1.61. The fourth-order valence-electron chi connectivity index (χ4n) is 5.52. The molecule has 0 unspecified atom stereocenters. The lowest BCUT2D eigenvalue weighted by Crippen LogP contribution is -2.47. The van der Waals surface area contributed by atoms with Gasteiger partial charge < -0.3 is 19.9 Å². The van der Waals surface area contributed by atoms with Crippen LogP contribution in [0.15, 0.2) is 66.9 Å². The number of anilines is 1. The molecule has 1 aliphatic heterocycles. The Balaban J connectivity index is 1.45. The van der Waals surface area contributed by atoms with Gasteiger partial charge >= 0.3 is 0 Å². The summed E-state index contributed by atoms with van der Waals surface area (Å²) in [6, 6.07) is 18.9. The van der Waals surface area contributed by atoms with Gasteiger partial charge in [-0.15, -0.1) is 0 Å². The number of ether oxygens (including phenoxy) is 1. The SMILES string of the molecule is CCCCCc1ccc(C(=O)N(Cc2ccc(C(=O)Nc3ccc(OC)cc3)cc2)C2CCN(CCC(C)C)CC2)nc1. The second kappa shape index (κ2) is 16.2. The number of aryl methyl sites for hydroxylation is 1. The van der Waals surface area contributed by atoms with Crippen molar-refractivity contribution in [2.45, 2.75) is 78.3 Å². The quantitative estimate of drug-likeness (QED) is 0.202. The van der Waals surface area contributed by atoms with Crippen LogP contribution in [0, 0.1) is 5.92 Å². The van der Waals surface area contributed by atoms with Crippen LogP contribution >= 0.6 is 0 Å². The fourth-order valence-corrected chi connectivity index (χ4v) is 5.52. The molecular weight excluding hydrogens is 536 g/mol. The minimum atomic E-state index is -0.179. The summed E-state index contributed by atoms with van der Waals surface area (Å²) in [5, 5.41) is 2.93. The molecule has 1 fully saturated rings. The summed E-state index contributed by atoms with van der Waals surface area (Å²) in [6.45, 7) is 10.3. The number of nitrogens with zero attached hydrogens (tertiary/aromatic N) is 3. The van der Waals surface area contributed by atoms with E-state index in [0.29, 0.717) is 29.4 Å². The smallest absolute Gasteiger partial charge is 0.272 e. The van der Waals surface area contributed by atoms with Crippen LogP contribution in [-0.4, -0.2) is 59.4 Å². The molecule has 4 rings (SSSR count). The molecule has 1 saturated heterocycles. The molecule has 0 saturated carbocycles. The third-order valence-corrected chi connectivity index (χ3v) is 8.31. The molecule has 0 atom stereocenters. The molecule has 43 heavy (non-hydrogen) atoms. The van der Waals surface area contributed by atoms with Gasteiger partial charge in [-0.05, 0) is 98.2 Å². The summed E-state index contributed by atoms with van der Waals surface area (Å²) < 4.78 is 5.19. The van der Waals surface area contributed by atoms with E-state index in [2.05, 4.69) is 42.0 Å². The van der Waals surface area contributed by atoms with Crippen molar-refractivity contribution in [3.05, 3.63) is 89.2 Å². The van der Waals surface area contributed by atoms with Crippen molar-refractivity contribution in [2.24, 2.45) is 5.92 Å². The second-order valence-electron chi connectivity index (χ2n) is 12.1. The molecule has 2 amide bonds. The molecule has 0 aliphatic carbocycles. The first kappa shape index (κ1) is 32.2. The van der Waals surface area contributed by atoms with Gasteiger partial charge in [-0.1, -0.05) is 51.8 Å². The number of pyridine rings is 1. The van der Waals surface area contributed by atoms with Gasteiger partial charge in [-0.2, -0.15) is 0 Å². The van der Waals surface area contributed by atoms with E-state index in [1.165, 1.54) is 24.8 Å². The van der Waals surface area contributed by atoms with E-state index in [9.17, 15) is 9.59 Å². The Labute approximate surface area is 257 Å². The first-order chi connectivity index (χ1) is 20.9. The van der Waals surface area contributed by atoms with Gasteiger partial charge in [0.15, 0.2) is 0 Å². The van der Waals surface area contributed by atoms with Crippen LogP contribution in [0.1, 0.15) is 91.3 Å². The summed E-state index contributed by atoms with van der Waals surface area (Å²) >= 11 is 0. The maximum Gasteiger partial charge on any atom is 0.272 e. The number of amides is 2. The van der Waals surface area contributed by atoms with Gasteiger partial charge in [0.05, 0.1) is 7.11 Å². The Morgan fingerprint density at radius 1 is 0.977 bits per heavy atom. The lowest BCUT2D eigenvalue weighted by Gasteiger charge is -2.38. The van der Waals surface area contributed by atoms with Crippen LogP contribution in [0.5, 0.6) is 5.75 Å². The van der Waals surface area contributed by atoms with Gasteiger partial charge in [0.25, 0.3) is 11.8 Å². The highest BCUT2D eigenvalue weighted by Crippen LogP contribution is 2.23. The number of methoxy groups -OCH3 is 1. The van der Waals surface area contributed by atoms with Crippen LogP contribution in [0.25, 0.3) is 0 Å². The number of piperidine rings is 1. The van der Waals surface area contributed by atoms with Crippen LogP contribution < -0.4 is 10.1 Å². The van der Waals surface area contributed by atoms with Crippen molar-refractivity contribution in [2.75, 3.05) is 32.1 Å². The highest BCUT2D eigenvalue weighted by atomic mass is 16.5. The first-order valence-electron chi connectivity index (χ1n) is 15.9. The number of likely N-dealkylation sites (tertiary alicyclic amines) is 1. The average Bonchev–Trinajstić information content (AvgIpc) is 3.03. The molecule has 7 heteroatoms. The first-order valence-corrected chi connectivity index (χ1v) is 15.9. The number of unbranched alkanes of at least 4 members (excludes halogenated alkanes) is 2. The molecule has 230 valence electrons. The summed E-state index contributed by atoms with van der Waals surface area (Å²) in [5.74, 6) is 1.22. The third kappa shape index (κ3) is 9.65. The summed E-state index contributed by atoms with van der Waals surface area (Å²) in [6.07, 6.45) is 9.47. The van der Waals surface area contributed by atoms with Gasteiger partial charge in [0.2, 0.25) is 0 Å². The van der Waals surface area contributed by atoms with Crippen LogP contribution in [0.2, 0.25) is 0 Å². The van der Waals surface area contributed by atoms with Crippen molar-refractivity contribution < 1.29 is 14.3 Å². The Morgan fingerprint density at radius 3 is 2.28 bits per heavy atom. The lowest BCUT2D eigenvalue weighted by molar-refractivity contribution is 0.0540. The Kier molecular flexibility index (Phi) is 12.2. The molecule has 0 radical (unpaired) electrons. The number of carbonyl (C=O) groups is 2. The maximum absolute atomic E-state index is 13.9. The molecule has 0 bridgehead atoms. The minimum absolute atomic E-state index is 0.0259. The monoisotopic (exact) mass is 584 g/mol. The molecule has 7 nitrogen and oxygen atoms in total. The second-order valence-corrected chi connectivity index (χ2v) is 12.1. The molecule has 1 N–H and O–H groups in total. The molecule has 1 aliphatic rings. The Bertz CT molecular complexity index is 1280. The predicted octanol–water partition coefficient (Wildman–Crippen LogP) is 7.23. The third-order valence-electron chi connectivity index (χ3n) is 8.31. The van der Waals surface area contributed by atoms with E-state index < -0.39 is 0 Å². The molecule has 2 heterocycles. The number of hydrogen-bond acceptors (Lipinski definition) is 5. The van der Waals surface area contributed by atoms with Crippen LogP contribution in [0.4, 0.5) is 5.69 Å². The topological polar surface area (TPSA) is 74.8 Å². The summed E-state index contributed by atoms with van der Waals surface area (Å²) in [5.41, 5.74) is 3.94. The number of nitrogens with one attached hydrogen (secondary N) is 1. The number of carbonyl (C=O) groups excluding carboxylic acids is 2. The minimum Gasteiger partial charge on any atom is -0.497 e. The Morgan fingerprint density at radius 2 is 1.67 bits per heavy atom. The van der Waals surface area contributed by atoms with Crippen molar-refractivity contribution in [1.29, 1.82) is 0 Å². The molecule has 2 aromatic carbocycles. The summed E-state index contributed by atoms with van der Waals surface area (Å²) in [4.78, 5) is 35.9. The van der Waals surface area contributed by atoms with E-state index in [4.69, 9.17) is 4.74 Å². The largest absolute Gasteiger partial charge is 0.497 e. The standard InChI is InChI=1S/C36H48N4O3/c1-5-6-7-8-28-11-18-34(37-25-28)36(42)40(32-20-23-39(24-21-32)22-19-27(2)3)26-29-9-12-30(13-10-29)35(41)38-31-14-16-33(43-4)17-15-31/h9-18,25,27,32H,5-8,19-24,26H2,1-4H3,(H,38,41). The zero-order valence-electron chi connectivity index (χ0n) is 26.4. The lowest BCUT2D eigenvalue weighted by atomic mass is 10.00. The van der Waals surface area contributed by atoms with E-state index in [-0.39, 0.29) is 17.9 Å². The zero-order chi connectivity index (χ0) is 30.6. The van der Waals surface area contributed by atoms with Gasteiger partial charge in [0.1, 0.15) is 11.4 Å². The van der Waals surface area contributed by atoms with Crippen molar-refractivity contribution in [1.82, 2.24) is 14.8 Å². The van der Waals surface area contributed by atoms with E-state index >= 15 is 0 Å². The van der Waals surface area contributed by atoms with Crippen LogP contribution in [0.3, 0.4) is 0 Å². The fraction of sp³-hybridized carbons (Fsp3) is 0.472. The van der Waals surface area contributed by atoms with Gasteiger partial charge in [-0.3, -0.25) is 14.6 Å². The van der Waals surface area contributed by atoms with Crippen molar-refractivity contribution >= 4 is 17.5 Å². The van der Waals surface area contributed by atoms with Gasteiger partial charge in [0, 0.05) is 43.1 Å². The molecule has 3 aromatic rings. The highest BCUT2D eigenvalue weighted by Gasteiger charge is 2.29. The van der Waals surface area contributed by atoms with Crippen molar-refractivity contribution in [3.8, 4) is 5.75 Å². The molecular formula is C36H48N4O3. The Hall–Kier alpha value is -3.71. The normalized spacial score (nSPS) is 14.1. The zero-order valence-corrected chi connectivity index (χ0v) is 26.4. The van der Waals surface area contributed by atoms with Gasteiger partial charge in [-0.25, -0.2) is 0 Å². The predicted molar refractivity (Wildman–Crippen MR) is 174 cm³/mol. The number of hydrogen-bond donors (Lipinski definition) is 1. The number of benzene rings is 2. The number of rotatable bonds is 14. The van der Waals surface area contributed by atoms with E-state index in [0.717, 1.165) is 56.6 Å². The van der Waals surface area contributed by atoms with E-state index in [1.54, 1.807) is 7.11 Å². The average molecular weight is 585 g/mol. The van der Waals surface area contributed by atoms with E-state index in [1.807, 2.05) is 65.7 Å². The van der Waals surface area contributed by atoms with Crippen molar-refractivity contribution in [3.63, 3.8) is 0 Å².